The largest absolute Gasteiger partial charge is 0.371 e. The van der Waals surface area contributed by atoms with E-state index in [0.717, 1.165) is 6.42 Å². The van der Waals surface area contributed by atoms with Gasteiger partial charge in [-0.15, -0.1) is 0 Å². The second kappa shape index (κ2) is 2.53. The first-order valence-corrected chi connectivity index (χ1v) is 3.51. The summed E-state index contributed by atoms with van der Waals surface area (Å²) >= 11 is 0. The van der Waals surface area contributed by atoms with Gasteiger partial charge >= 0.3 is 0 Å². The summed E-state index contributed by atoms with van der Waals surface area (Å²) < 4.78 is 5.48. The summed E-state index contributed by atoms with van der Waals surface area (Å²) in [4.78, 5) is 0. The number of ether oxygens (including phenoxy) is 1. The van der Waals surface area contributed by atoms with Crippen molar-refractivity contribution in [2.24, 2.45) is 0 Å². The lowest BCUT2D eigenvalue weighted by molar-refractivity contribution is 0.0244. The van der Waals surface area contributed by atoms with Gasteiger partial charge in [0.1, 0.15) is 0 Å². The van der Waals surface area contributed by atoms with Crippen molar-refractivity contribution in [1.82, 2.24) is 0 Å². The van der Waals surface area contributed by atoms with Crippen LogP contribution in [-0.4, -0.2) is 12.2 Å². The molecule has 1 aliphatic rings. The molecule has 0 aromatic carbocycles. The molecule has 52 valence electrons. The Balaban J connectivity index is 2.56. The van der Waals surface area contributed by atoms with Gasteiger partial charge in [-0.1, -0.05) is 11.6 Å². The molecule has 0 aromatic heterocycles. The number of hydrogen-bond donors (Lipinski definition) is 0. The summed E-state index contributed by atoms with van der Waals surface area (Å²) in [6.07, 6.45) is 4.03. The highest BCUT2D eigenvalue weighted by Crippen LogP contribution is 2.17. The first-order chi connectivity index (χ1) is 4.18. The number of rotatable bonds is 0. The van der Waals surface area contributed by atoms with Crippen molar-refractivity contribution in [3.63, 3.8) is 0 Å². The van der Waals surface area contributed by atoms with Gasteiger partial charge in [-0.3, -0.25) is 0 Å². The zero-order valence-electron chi connectivity index (χ0n) is 6.35. The minimum Gasteiger partial charge on any atom is -0.371 e. The van der Waals surface area contributed by atoms with Crippen LogP contribution >= 0.6 is 0 Å². The summed E-state index contributed by atoms with van der Waals surface area (Å²) in [5.74, 6) is 0. The van der Waals surface area contributed by atoms with Crippen LogP contribution in [0.2, 0.25) is 0 Å². The Morgan fingerprint density at radius 2 is 2.22 bits per heavy atom. The fourth-order valence-corrected chi connectivity index (χ4v) is 1.38. The Bertz CT molecular complexity index is 127. The minimum atomic E-state index is 0.328. The molecule has 0 saturated carbocycles. The zero-order chi connectivity index (χ0) is 6.85. The summed E-state index contributed by atoms with van der Waals surface area (Å²) in [7, 11) is 0. The maximum absolute atomic E-state index is 5.48. The van der Waals surface area contributed by atoms with Gasteiger partial charge in [-0.2, -0.15) is 0 Å². The van der Waals surface area contributed by atoms with Gasteiger partial charge in [0.25, 0.3) is 0 Å². The molecule has 0 bridgehead atoms. The van der Waals surface area contributed by atoms with E-state index in [2.05, 4.69) is 26.8 Å². The van der Waals surface area contributed by atoms with Gasteiger partial charge in [-0.25, -0.2) is 0 Å². The van der Waals surface area contributed by atoms with E-state index < -0.39 is 0 Å². The van der Waals surface area contributed by atoms with E-state index in [9.17, 15) is 0 Å². The molecule has 0 N–H and O–H groups in total. The average molecular weight is 126 g/mol. The molecule has 0 radical (unpaired) electrons. The van der Waals surface area contributed by atoms with Crippen molar-refractivity contribution in [2.45, 2.75) is 39.4 Å². The van der Waals surface area contributed by atoms with Crippen molar-refractivity contribution in [1.29, 1.82) is 0 Å². The van der Waals surface area contributed by atoms with Crippen LogP contribution < -0.4 is 0 Å². The fourth-order valence-electron chi connectivity index (χ4n) is 1.38. The molecule has 0 unspecified atom stereocenters. The van der Waals surface area contributed by atoms with E-state index in [1.165, 1.54) is 5.57 Å². The normalized spacial score (nSPS) is 36.1. The number of hydrogen-bond acceptors (Lipinski definition) is 1. The lowest BCUT2D eigenvalue weighted by Gasteiger charge is -2.22. The van der Waals surface area contributed by atoms with Gasteiger partial charge in [0.05, 0.1) is 12.2 Å². The maximum atomic E-state index is 5.48. The summed E-state index contributed by atoms with van der Waals surface area (Å²) in [5.41, 5.74) is 1.46. The Hall–Kier alpha value is -0.300. The standard InChI is InChI=1S/C8H14O/c1-6-4-7(2)9-8(3)5-6/h4,7-8H,5H2,1-3H3/t7-,8+/m1/s1. The van der Waals surface area contributed by atoms with Crippen LogP contribution in [0.3, 0.4) is 0 Å². The zero-order valence-corrected chi connectivity index (χ0v) is 6.35. The summed E-state index contributed by atoms with van der Waals surface area (Å²) in [6.45, 7) is 6.36. The Labute approximate surface area is 56.7 Å². The molecule has 0 aromatic rings. The van der Waals surface area contributed by atoms with Crippen LogP contribution in [0.5, 0.6) is 0 Å². The Morgan fingerprint density at radius 3 is 2.67 bits per heavy atom. The molecule has 1 rings (SSSR count). The van der Waals surface area contributed by atoms with Gasteiger partial charge in [0.15, 0.2) is 0 Å². The van der Waals surface area contributed by atoms with Crippen molar-refractivity contribution in [2.75, 3.05) is 0 Å². The molecule has 9 heavy (non-hydrogen) atoms. The lowest BCUT2D eigenvalue weighted by atomic mass is 10.1. The third-order valence-electron chi connectivity index (χ3n) is 1.58. The van der Waals surface area contributed by atoms with E-state index in [1.54, 1.807) is 0 Å². The molecule has 0 amide bonds. The van der Waals surface area contributed by atoms with Crippen LogP contribution in [0, 0.1) is 0 Å². The first-order valence-electron chi connectivity index (χ1n) is 3.51. The van der Waals surface area contributed by atoms with Crippen LogP contribution in [0.15, 0.2) is 11.6 Å². The molecule has 1 aliphatic heterocycles. The third kappa shape index (κ3) is 1.83. The second-order valence-corrected chi connectivity index (χ2v) is 2.87. The summed E-state index contributed by atoms with van der Waals surface area (Å²) in [6, 6.07) is 0. The monoisotopic (exact) mass is 126 g/mol. The third-order valence-corrected chi connectivity index (χ3v) is 1.58. The van der Waals surface area contributed by atoms with Crippen LogP contribution in [0.25, 0.3) is 0 Å². The predicted molar refractivity (Wildman–Crippen MR) is 38.4 cm³/mol. The van der Waals surface area contributed by atoms with Gasteiger partial charge < -0.3 is 4.74 Å². The quantitative estimate of drug-likeness (QED) is 0.452. The molecular weight excluding hydrogens is 112 g/mol. The SMILES string of the molecule is CC1=C[C@@H](C)O[C@@H](C)C1. The average Bonchev–Trinajstić information content (AvgIpc) is 1.59. The minimum absolute atomic E-state index is 0.328. The molecule has 0 fully saturated rings. The van der Waals surface area contributed by atoms with Crippen molar-refractivity contribution >= 4 is 0 Å². The molecule has 1 heteroatoms. The second-order valence-electron chi connectivity index (χ2n) is 2.87. The van der Waals surface area contributed by atoms with E-state index in [0.29, 0.717) is 12.2 Å². The van der Waals surface area contributed by atoms with Crippen LogP contribution in [0.4, 0.5) is 0 Å². The highest BCUT2D eigenvalue weighted by molar-refractivity contribution is 5.05. The van der Waals surface area contributed by atoms with E-state index in [-0.39, 0.29) is 0 Å². The van der Waals surface area contributed by atoms with Crippen molar-refractivity contribution in [3.05, 3.63) is 11.6 Å². The van der Waals surface area contributed by atoms with Gasteiger partial charge in [-0.05, 0) is 27.2 Å². The molecule has 0 spiro atoms. The highest BCUT2D eigenvalue weighted by Gasteiger charge is 2.12. The van der Waals surface area contributed by atoms with Gasteiger partial charge in [0.2, 0.25) is 0 Å². The molecule has 2 atom stereocenters. The maximum Gasteiger partial charge on any atom is 0.0733 e. The van der Waals surface area contributed by atoms with Crippen LogP contribution in [-0.2, 0) is 4.74 Å². The van der Waals surface area contributed by atoms with Crippen LogP contribution in [0.1, 0.15) is 27.2 Å². The lowest BCUT2D eigenvalue weighted by Crippen LogP contribution is -2.20. The van der Waals surface area contributed by atoms with E-state index in [4.69, 9.17) is 4.74 Å². The smallest absolute Gasteiger partial charge is 0.0733 e. The Morgan fingerprint density at radius 1 is 1.56 bits per heavy atom. The predicted octanol–water partition coefficient (Wildman–Crippen LogP) is 2.13. The highest BCUT2D eigenvalue weighted by atomic mass is 16.5. The molecular formula is C8H14O. The van der Waals surface area contributed by atoms with Crippen molar-refractivity contribution < 1.29 is 4.74 Å². The molecule has 0 aliphatic carbocycles. The fraction of sp³-hybridized carbons (Fsp3) is 0.750. The van der Waals surface area contributed by atoms with Crippen molar-refractivity contribution in [3.8, 4) is 0 Å². The van der Waals surface area contributed by atoms with E-state index in [1.807, 2.05) is 0 Å². The summed E-state index contributed by atoms with van der Waals surface area (Å²) in [5, 5.41) is 0. The first kappa shape index (κ1) is 6.81. The molecule has 0 saturated heterocycles. The van der Waals surface area contributed by atoms with Gasteiger partial charge in [0, 0.05) is 0 Å². The topological polar surface area (TPSA) is 9.23 Å². The molecule has 1 nitrogen and oxygen atoms in total. The Kier molecular flexibility index (Phi) is 1.91. The van der Waals surface area contributed by atoms with E-state index >= 15 is 0 Å². The molecule has 1 heterocycles.